The summed E-state index contributed by atoms with van der Waals surface area (Å²) in [5.74, 6) is -23.7. The predicted octanol–water partition coefficient (Wildman–Crippen LogP) is 4.29. The second kappa shape index (κ2) is 6.48. The van der Waals surface area contributed by atoms with Crippen LogP contribution in [-0.4, -0.2) is 36.8 Å². The number of alkyl halides is 8. The molecule has 1 rings (SSSR count). The molecule has 12 heteroatoms. The first-order valence-corrected chi connectivity index (χ1v) is 5.78. The first-order valence-electron chi connectivity index (χ1n) is 5.78. The van der Waals surface area contributed by atoms with E-state index in [0.29, 0.717) is 12.1 Å². The molecule has 0 fully saturated rings. The summed E-state index contributed by atoms with van der Waals surface area (Å²) < 4.78 is 130. The van der Waals surface area contributed by atoms with Crippen LogP contribution in [0.1, 0.15) is 10.4 Å². The van der Waals surface area contributed by atoms with Gasteiger partial charge in [0, 0.05) is 0 Å². The van der Waals surface area contributed by atoms with Crippen molar-refractivity contribution in [3.8, 4) is 0 Å². The summed E-state index contributed by atoms with van der Waals surface area (Å²) in [5.41, 5.74) is -0.895. The average Bonchev–Trinajstić information content (AvgIpc) is 2.47. The minimum Gasteiger partial charge on any atom is -0.455 e. The Balaban J connectivity index is 2.91. The summed E-state index contributed by atoms with van der Waals surface area (Å²) in [6, 6.07) is 1.08. The lowest BCUT2D eigenvalue weighted by Crippen LogP contribution is -2.59. The van der Waals surface area contributed by atoms with E-state index in [2.05, 4.69) is 4.74 Å². The predicted molar refractivity (Wildman–Crippen MR) is 57.5 cm³/mol. The smallest absolute Gasteiger partial charge is 0.381 e. The summed E-state index contributed by atoms with van der Waals surface area (Å²) in [4.78, 5) is 11.2. The maximum absolute atomic E-state index is 13.1. The molecule has 0 saturated carbocycles. The number of halogens is 10. The van der Waals surface area contributed by atoms with E-state index in [4.69, 9.17) is 0 Å². The molecule has 0 aromatic heterocycles. The number of benzene rings is 1. The molecule has 0 spiro atoms. The highest BCUT2D eigenvalue weighted by atomic mass is 19.4. The lowest BCUT2D eigenvalue weighted by Gasteiger charge is -2.31. The van der Waals surface area contributed by atoms with Gasteiger partial charge in [0.25, 0.3) is 0 Å². The Morgan fingerprint density at radius 2 is 1.54 bits per heavy atom. The minimum atomic E-state index is -6.54. The third-order valence-electron chi connectivity index (χ3n) is 2.69. The van der Waals surface area contributed by atoms with Gasteiger partial charge in [-0.1, -0.05) is 0 Å². The maximum atomic E-state index is 13.1. The lowest BCUT2D eigenvalue weighted by atomic mass is 10.1. The van der Waals surface area contributed by atoms with Crippen molar-refractivity contribution in [2.24, 2.45) is 0 Å². The number of hydrogen-bond acceptors (Lipinski definition) is 2. The van der Waals surface area contributed by atoms with Crippen LogP contribution in [0, 0.1) is 11.6 Å². The molecule has 0 heterocycles. The molecule has 2 nitrogen and oxygen atoms in total. The van der Waals surface area contributed by atoms with Crippen molar-refractivity contribution in [2.45, 2.75) is 24.2 Å². The van der Waals surface area contributed by atoms with Crippen LogP contribution in [0.4, 0.5) is 43.9 Å². The Bertz CT molecular complexity index is 614. The maximum Gasteiger partial charge on any atom is 0.381 e. The minimum absolute atomic E-state index is 0.168. The summed E-state index contributed by atoms with van der Waals surface area (Å²) in [5, 5.41) is 0. The molecule has 24 heavy (non-hydrogen) atoms. The number of carbonyl (C=O) groups excluding carboxylic acids is 1. The molecule has 1 aromatic rings. The SMILES string of the molecule is O=C(OCC(F)(F)C(F)(F)C(F)(F)C(F)F)c1ccc(F)c(F)c1. The van der Waals surface area contributed by atoms with Crippen molar-refractivity contribution in [3.63, 3.8) is 0 Å². The monoisotopic (exact) mass is 372 g/mol. The molecule has 0 amide bonds. The topological polar surface area (TPSA) is 26.3 Å². The standard InChI is InChI=1S/C12H6F10O2/c13-6-2-1-5(3-7(6)14)8(23)24-4-10(17,18)12(21,22)11(19,20)9(15)16/h1-3,9H,4H2. The summed E-state index contributed by atoms with van der Waals surface area (Å²) in [7, 11) is 0. The summed E-state index contributed by atoms with van der Waals surface area (Å²) in [6.45, 7) is -2.69. The third-order valence-corrected chi connectivity index (χ3v) is 2.69. The number of hydrogen-bond donors (Lipinski definition) is 0. The quantitative estimate of drug-likeness (QED) is 0.550. The van der Waals surface area contributed by atoms with Crippen LogP contribution in [0.15, 0.2) is 18.2 Å². The fraction of sp³-hybridized carbons (Fsp3) is 0.417. The normalized spacial score (nSPS) is 13.3. The number of ether oxygens (including phenoxy) is 1. The van der Waals surface area contributed by atoms with Gasteiger partial charge in [-0.05, 0) is 18.2 Å². The number of esters is 1. The van der Waals surface area contributed by atoms with Gasteiger partial charge in [-0.15, -0.1) is 0 Å². The molecule has 0 saturated heterocycles. The van der Waals surface area contributed by atoms with Crippen molar-refractivity contribution in [2.75, 3.05) is 6.61 Å². The van der Waals surface area contributed by atoms with E-state index < -0.39 is 54.0 Å². The molecule has 0 aliphatic rings. The Labute approximate surface area is 127 Å². The zero-order valence-electron chi connectivity index (χ0n) is 11.1. The first-order chi connectivity index (χ1) is 10.7. The van der Waals surface area contributed by atoms with Crippen molar-refractivity contribution >= 4 is 5.97 Å². The molecule has 1 aromatic carbocycles. The molecule has 0 atom stereocenters. The summed E-state index contributed by atoms with van der Waals surface area (Å²) in [6.07, 6.45) is -5.11. The van der Waals surface area contributed by atoms with Crippen LogP contribution in [0.2, 0.25) is 0 Å². The van der Waals surface area contributed by atoms with Gasteiger partial charge in [-0.25, -0.2) is 22.4 Å². The first kappa shape index (κ1) is 20.0. The van der Waals surface area contributed by atoms with Crippen LogP contribution in [0.5, 0.6) is 0 Å². The van der Waals surface area contributed by atoms with Gasteiger partial charge in [0.2, 0.25) is 0 Å². The lowest BCUT2D eigenvalue weighted by molar-refractivity contribution is -0.343. The van der Waals surface area contributed by atoms with Gasteiger partial charge >= 0.3 is 30.2 Å². The van der Waals surface area contributed by atoms with Crippen LogP contribution in [0.3, 0.4) is 0 Å². The third kappa shape index (κ3) is 3.56. The summed E-state index contributed by atoms with van der Waals surface area (Å²) >= 11 is 0. The van der Waals surface area contributed by atoms with E-state index in [-0.39, 0.29) is 6.07 Å². The molecule has 136 valence electrons. The van der Waals surface area contributed by atoms with E-state index in [1.54, 1.807) is 0 Å². The van der Waals surface area contributed by atoms with Crippen molar-refractivity contribution in [1.82, 2.24) is 0 Å². The van der Waals surface area contributed by atoms with Crippen molar-refractivity contribution in [3.05, 3.63) is 35.4 Å². The average molecular weight is 372 g/mol. The zero-order chi connectivity index (χ0) is 18.9. The van der Waals surface area contributed by atoms with Crippen LogP contribution in [0.25, 0.3) is 0 Å². The molecule has 0 unspecified atom stereocenters. The molecule has 0 aliphatic heterocycles. The Morgan fingerprint density at radius 3 is 2.00 bits per heavy atom. The van der Waals surface area contributed by atoms with Gasteiger partial charge in [0.1, 0.15) is 0 Å². The molecule has 0 radical (unpaired) electrons. The zero-order valence-corrected chi connectivity index (χ0v) is 11.1. The van der Waals surface area contributed by atoms with Gasteiger partial charge in [0.05, 0.1) is 5.56 Å². The van der Waals surface area contributed by atoms with Crippen LogP contribution >= 0.6 is 0 Å². The van der Waals surface area contributed by atoms with Gasteiger partial charge in [-0.3, -0.25) is 0 Å². The molecule has 0 N–H and O–H groups in total. The van der Waals surface area contributed by atoms with Gasteiger partial charge < -0.3 is 4.74 Å². The van der Waals surface area contributed by atoms with E-state index in [1.807, 2.05) is 0 Å². The van der Waals surface area contributed by atoms with E-state index in [0.717, 1.165) is 0 Å². The van der Waals surface area contributed by atoms with E-state index >= 15 is 0 Å². The van der Waals surface area contributed by atoms with E-state index in [9.17, 15) is 48.7 Å². The molecular formula is C12H6F10O2. The second-order valence-electron chi connectivity index (χ2n) is 4.41. The largest absolute Gasteiger partial charge is 0.455 e. The highest BCUT2D eigenvalue weighted by Crippen LogP contribution is 2.48. The van der Waals surface area contributed by atoms with E-state index in [1.165, 1.54) is 0 Å². The Hall–Kier alpha value is -2.01. The van der Waals surface area contributed by atoms with Crippen molar-refractivity contribution in [1.29, 1.82) is 0 Å². The highest BCUT2D eigenvalue weighted by Gasteiger charge is 2.75. The van der Waals surface area contributed by atoms with Crippen LogP contribution in [-0.2, 0) is 4.74 Å². The van der Waals surface area contributed by atoms with Gasteiger partial charge in [-0.2, -0.15) is 26.3 Å². The number of rotatable bonds is 6. The Kier molecular flexibility index (Phi) is 5.41. The number of carbonyl (C=O) groups is 1. The molecular weight excluding hydrogens is 366 g/mol. The molecule has 0 bridgehead atoms. The second-order valence-corrected chi connectivity index (χ2v) is 4.41. The highest BCUT2D eigenvalue weighted by molar-refractivity contribution is 5.89. The van der Waals surface area contributed by atoms with Crippen LogP contribution < -0.4 is 0 Å². The molecule has 0 aliphatic carbocycles. The fourth-order valence-electron chi connectivity index (χ4n) is 1.33. The van der Waals surface area contributed by atoms with Gasteiger partial charge in [0.15, 0.2) is 18.2 Å². The van der Waals surface area contributed by atoms with Crippen molar-refractivity contribution < 1.29 is 53.4 Å². The Morgan fingerprint density at radius 1 is 1.00 bits per heavy atom. The fourth-order valence-corrected chi connectivity index (χ4v) is 1.33.